The van der Waals surface area contributed by atoms with Gasteiger partial charge in [0, 0.05) is 74.2 Å². The van der Waals surface area contributed by atoms with Gasteiger partial charge >= 0.3 is 0 Å². The molecule has 0 radical (unpaired) electrons. The molecule has 8 nitrogen and oxygen atoms in total. The van der Waals surface area contributed by atoms with Gasteiger partial charge in [0.2, 0.25) is 5.95 Å². The Bertz CT molecular complexity index is 1440. The number of aromatic nitrogens is 3. The first-order valence-electron chi connectivity index (χ1n) is 12.5. The fourth-order valence-corrected chi connectivity index (χ4v) is 6.02. The zero-order chi connectivity index (χ0) is 26.5. The van der Waals surface area contributed by atoms with Crippen molar-refractivity contribution in [2.45, 2.75) is 13.0 Å². The van der Waals surface area contributed by atoms with Crippen molar-refractivity contribution in [1.29, 1.82) is 0 Å². The summed E-state index contributed by atoms with van der Waals surface area (Å²) in [6, 6.07) is 10.2. The largest absolute Gasteiger partial charge is 0.403 e. The van der Waals surface area contributed by atoms with Gasteiger partial charge in [-0.3, -0.25) is 4.90 Å². The van der Waals surface area contributed by atoms with E-state index < -0.39 is 5.82 Å². The molecular weight excluding hydrogens is 523 g/mol. The number of fused-ring (bicyclic) bond motifs is 1. The number of rotatable bonds is 9. The average molecular weight is 553 g/mol. The van der Waals surface area contributed by atoms with Crippen LogP contribution < -0.4 is 21.7 Å². The number of nitrogens with zero attached hydrogens (tertiary/aromatic N) is 4. The fraction of sp³-hybridized carbons (Fsp3) is 0.296. The first kappa shape index (κ1) is 26.3. The molecule has 1 aliphatic heterocycles. The second-order valence-corrected chi connectivity index (χ2v) is 10.5. The molecule has 4 heterocycles. The van der Waals surface area contributed by atoms with Crippen molar-refractivity contribution in [1.82, 2.24) is 30.5 Å². The number of anilines is 1. The van der Waals surface area contributed by atoms with E-state index in [-0.39, 0.29) is 11.7 Å². The lowest BCUT2D eigenvalue weighted by molar-refractivity contribution is 0.185. The topological polar surface area (TPSA) is 104 Å². The Balaban J connectivity index is 1.50. The second-order valence-electron chi connectivity index (χ2n) is 9.02. The molecule has 4 aromatic rings. The van der Waals surface area contributed by atoms with Gasteiger partial charge < -0.3 is 21.7 Å². The van der Waals surface area contributed by atoms with Crippen molar-refractivity contribution in [2.24, 2.45) is 5.73 Å². The van der Waals surface area contributed by atoms with Crippen molar-refractivity contribution in [2.75, 3.05) is 44.6 Å². The predicted octanol–water partition coefficient (Wildman–Crippen LogP) is 4.61. The number of thiophene rings is 1. The molecule has 11 heteroatoms. The van der Waals surface area contributed by atoms with Crippen LogP contribution in [0.3, 0.4) is 0 Å². The van der Waals surface area contributed by atoms with E-state index in [2.05, 4.69) is 48.8 Å². The number of nitrogens with one attached hydrogen (secondary N) is 3. The van der Waals surface area contributed by atoms with Crippen LogP contribution in [0.5, 0.6) is 0 Å². The van der Waals surface area contributed by atoms with E-state index in [9.17, 15) is 4.39 Å². The number of benzene rings is 1. The third-order valence-electron chi connectivity index (χ3n) is 6.63. The first-order valence-corrected chi connectivity index (χ1v) is 13.7. The number of piperazine rings is 1. The third-order valence-corrected chi connectivity index (χ3v) is 8.03. The highest BCUT2D eigenvalue weighted by Crippen LogP contribution is 2.42. The smallest absolute Gasteiger partial charge is 0.223 e. The van der Waals surface area contributed by atoms with Crippen LogP contribution >= 0.6 is 22.9 Å². The molecule has 1 atom stereocenters. The van der Waals surface area contributed by atoms with Crippen LogP contribution in [0.15, 0.2) is 55.1 Å². The Morgan fingerprint density at radius 3 is 2.84 bits per heavy atom. The number of hydrogen-bond donors (Lipinski definition) is 4. The monoisotopic (exact) mass is 552 g/mol. The van der Waals surface area contributed by atoms with E-state index in [1.807, 2.05) is 30.5 Å². The molecule has 0 spiro atoms. The summed E-state index contributed by atoms with van der Waals surface area (Å²) in [7, 11) is 0. The number of halogens is 2. The number of nitrogens with two attached hydrogens (primary N) is 1. The van der Waals surface area contributed by atoms with E-state index in [4.69, 9.17) is 17.3 Å². The Labute approximate surface area is 230 Å². The minimum Gasteiger partial charge on any atom is -0.403 e. The molecule has 1 unspecified atom stereocenters. The summed E-state index contributed by atoms with van der Waals surface area (Å²) in [5, 5.41) is 11.0. The van der Waals surface area contributed by atoms with Gasteiger partial charge in [0.1, 0.15) is 10.8 Å². The maximum absolute atomic E-state index is 14.9. The average Bonchev–Trinajstić information content (AvgIpc) is 3.38. The molecule has 1 fully saturated rings. The fourth-order valence-electron chi connectivity index (χ4n) is 4.69. The van der Waals surface area contributed by atoms with Gasteiger partial charge in [0.25, 0.3) is 0 Å². The highest BCUT2D eigenvalue weighted by atomic mass is 35.5. The molecule has 1 aliphatic rings. The lowest BCUT2D eigenvalue weighted by Crippen LogP contribution is -2.44. The predicted molar refractivity (Wildman–Crippen MR) is 154 cm³/mol. The van der Waals surface area contributed by atoms with Crippen LogP contribution in [0, 0.1) is 5.82 Å². The maximum atomic E-state index is 14.9. The minimum absolute atomic E-state index is 0.175. The van der Waals surface area contributed by atoms with E-state index in [0.29, 0.717) is 24.2 Å². The zero-order valence-electron chi connectivity index (χ0n) is 21.0. The van der Waals surface area contributed by atoms with Crippen LogP contribution in [0.25, 0.3) is 31.8 Å². The zero-order valence-corrected chi connectivity index (χ0v) is 22.6. The molecule has 198 valence electrons. The van der Waals surface area contributed by atoms with Crippen LogP contribution in [0.1, 0.15) is 18.5 Å². The molecule has 1 aromatic carbocycles. The maximum Gasteiger partial charge on any atom is 0.223 e. The van der Waals surface area contributed by atoms with Gasteiger partial charge in [-0.15, -0.1) is 11.3 Å². The van der Waals surface area contributed by atoms with E-state index in [1.54, 1.807) is 6.20 Å². The molecule has 0 amide bonds. The van der Waals surface area contributed by atoms with Crippen molar-refractivity contribution in [3.05, 3.63) is 71.7 Å². The second kappa shape index (κ2) is 12.0. The third kappa shape index (κ3) is 5.73. The summed E-state index contributed by atoms with van der Waals surface area (Å²) < 4.78 is 16.0. The quantitative estimate of drug-likeness (QED) is 0.176. The van der Waals surface area contributed by atoms with Crippen LogP contribution in [-0.2, 0) is 0 Å². The minimum atomic E-state index is -0.465. The normalized spacial score (nSPS) is 15.2. The van der Waals surface area contributed by atoms with Gasteiger partial charge in [-0.2, -0.15) is 0 Å². The van der Waals surface area contributed by atoms with Crippen molar-refractivity contribution >= 4 is 39.0 Å². The highest BCUT2D eigenvalue weighted by molar-refractivity contribution is 7.22. The van der Waals surface area contributed by atoms with Crippen molar-refractivity contribution in [3.8, 4) is 21.7 Å². The summed E-state index contributed by atoms with van der Waals surface area (Å²) in [4.78, 5) is 16.2. The number of hydrogen-bond acceptors (Lipinski definition) is 9. The molecule has 0 bridgehead atoms. The molecule has 38 heavy (non-hydrogen) atoms. The summed E-state index contributed by atoms with van der Waals surface area (Å²) >= 11 is 7.91. The molecule has 1 saturated heterocycles. The Hall–Kier alpha value is -3.31. The van der Waals surface area contributed by atoms with Gasteiger partial charge in [0.15, 0.2) is 5.82 Å². The van der Waals surface area contributed by atoms with E-state index in [0.717, 1.165) is 57.8 Å². The SMILES string of the molecule is CC(c1cnc(Cl)cc1-c1cccc2cc(-c3nc(NCCN/C=C\N)ncc3F)sc12)N1CCNCC1. The van der Waals surface area contributed by atoms with Crippen LogP contribution in [0.2, 0.25) is 5.15 Å². The Morgan fingerprint density at radius 2 is 2.03 bits per heavy atom. The van der Waals surface area contributed by atoms with E-state index >= 15 is 0 Å². The molecule has 5 rings (SSSR count). The van der Waals surface area contributed by atoms with Crippen molar-refractivity contribution < 1.29 is 4.39 Å². The molecule has 0 saturated carbocycles. The Kier molecular flexibility index (Phi) is 8.33. The molecule has 5 N–H and O–H groups in total. The van der Waals surface area contributed by atoms with E-state index in [1.165, 1.54) is 23.7 Å². The first-order chi connectivity index (χ1) is 18.5. The van der Waals surface area contributed by atoms with Crippen molar-refractivity contribution in [3.63, 3.8) is 0 Å². The summed E-state index contributed by atoms with van der Waals surface area (Å²) in [5.74, 6) is -0.0986. The highest BCUT2D eigenvalue weighted by Gasteiger charge is 2.23. The standard InChI is InChI=1S/C27H30ClFN8S/c1-17(37-11-9-32-10-12-37)21-15-34-24(28)14-20(21)19-4-2-3-18-13-23(38-26(18)19)25-22(29)16-35-27(36-25)33-8-7-31-6-5-30/h2-6,13-17,31-32H,7-12,30H2,1H3,(H,33,35,36)/b6-5-. The van der Waals surface area contributed by atoms with Gasteiger partial charge in [-0.25, -0.2) is 19.3 Å². The van der Waals surface area contributed by atoms with Crippen LogP contribution in [-0.4, -0.2) is 59.1 Å². The van der Waals surface area contributed by atoms with Gasteiger partial charge in [0.05, 0.1) is 11.1 Å². The van der Waals surface area contributed by atoms with Gasteiger partial charge in [-0.05, 0) is 35.6 Å². The molecule has 3 aromatic heterocycles. The van der Waals surface area contributed by atoms with Crippen LogP contribution in [0.4, 0.5) is 10.3 Å². The number of pyridine rings is 1. The lowest BCUT2D eigenvalue weighted by Gasteiger charge is -2.33. The summed E-state index contributed by atoms with van der Waals surface area (Å²) in [5.41, 5.74) is 8.81. The summed E-state index contributed by atoms with van der Waals surface area (Å²) in [6.45, 7) is 7.27. The molecule has 0 aliphatic carbocycles. The molecular formula is C27H30ClFN8S. The van der Waals surface area contributed by atoms with Gasteiger partial charge in [-0.1, -0.05) is 29.8 Å². The lowest BCUT2D eigenvalue weighted by atomic mass is 9.95. The summed E-state index contributed by atoms with van der Waals surface area (Å²) in [6.07, 6.45) is 6.17. The Morgan fingerprint density at radius 1 is 1.18 bits per heavy atom.